The first-order chi connectivity index (χ1) is 22.9. The first-order valence-electron chi connectivity index (χ1n) is 18.3. The van der Waals surface area contributed by atoms with Crippen LogP contribution in [-0.4, -0.2) is 127 Å². The Hall–Kier alpha value is -1.22. The highest BCUT2D eigenvalue weighted by molar-refractivity contribution is 9.09. The molecule has 0 aromatic carbocycles. The lowest BCUT2D eigenvalue weighted by atomic mass is 10.1. The lowest BCUT2D eigenvalue weighted by molar-refractivity contribution is -0.148. The number of hydrogen-bond donors (Lipinski definition) is 1. The van der Waals surface area contributed by atoms with Crippen LogP contribution in [0.2, 0.25) is 0 Å². The summed E-state index contributed by atoms with van der Waals surface area (Å²) in [6.07, 6.45) is 9.59. The van der Waals surface area contributed by atoms with Gasteiger partial charge in [0.05, 0.1) is 45.2 Å². The van der Waals surface area contributed by atoms with E-state index in [0.717, 1.165) is 63.7 Å². The van der Waals surface area contributed by atoms with E-state index < -0.39 is 11.2 Å². The van der Waals surface area contributed by atoms with Gasteiger partial charge in [0, 0.05) is 44.4 Å². The Labute approximate surface area is 304 Å². The second-order valence-corrected chi connectivity index (χ2v) is 16.3. The third-order valence-electron chi connectivity index (χ3n) is 8.30. The first-order valence-corrected chi connectivity index (χ1v) is 19.4. The standard InChI is InChI=1S/C18H33NO5.C9H17BrO2.C9H17NO3/c1-17(2,3)24-16(20)19-10-8-15(14-19)21-11-7-5-6-9-18(4)22-12-13-23-18;1-9(11-7-8-12-9)5-3-2-4-6-10;1-9(2,3)13-8(12)10-5-4-7(11)6-10/h15H,5-14H2,1-4H3;2-8H2,1H3;7,11H,4-6H2,1-3H3/t15-;;7-/m1.1/s1. The quantitative estimate of drug-likeness (QED) is 0.164. The van der Waals surface area contributed by atoms with Crippen LogP contribution in [0.5, 0.6) is 0 Å². The zero-order valence-electron chi connectivity index (χ0n) is 31.7. The summed E-state index contributed by atoms with van der Waals surface area (Å²) in [5.74, 6) is -0.646. The summed E-state index contributed by atoms with van der Waals surface area (Å²) in [5, 5.41) is 10.3. The lowest BCUT2D eigenvalue weighted by Gasteiger charge is -2.24. The van der Waals surface area contributed by atoms with Crippen LogP contribution in [0.15, 0.2) is 0 Å². The number of alkyl halides is 1. The van der Waals surface area contributed by atoms with Gasteiger partial charge in [-0.3, -0.25) is 0 Å². The monoisotopic (exact) mass is 766 g/mol. The highest BCUT2D eigenvalue weighted by atomic mass is 79.9. The van der Waals surface area contributed by atoms with E-state index in [2.05, 4.69) is 15.9 Å². The fourth-order valence-corrected chi connectivity index (χ4v) is 6.08. The van der Waals surface area contributed by atoms with Crippen molar-refractivity contribution in [2.75, 3.05) is 64.5 Å². The Balaban J connectivity index is 0.000000281. The van der Waals surface area contributed by atoms with Gasteiger partial charge in [-0.05, 0) is 93.9 Å². The molecule has 288 valence electrons. The normalized spacial score (nSPS) is 23.1. The molecule has 0 spiro atoms. The molecule has 0 radical (unpaired) electrons. The maximum Gasteiger partial charge on any atom is 0.410 e. The van der Waals surface area contributed by atoms with Gasteiger partial charge in [0.25, 0.3) is 0 Å². The maximum absolute atomic E-state index is 12.0. The Morgan fingerprint density at radius 1 is 0.714 bits per heavy atom. The molecule has 4 heterocycles. The molecule has 4 fully saturated rings. The number of halogens is 1. The molecular weight excluding hydrogens is 700 g/mol. The van der Waals surface area contributed by atoms with Gasteiger partial charge >= 0.3 is 12.2 Å². The highest BCUT2D eigenvalue weighted by Gasteiger charge is 2.32. The fourth-order valence-electron chi connectivity index (χ4n) is 5.69. The number of rotatable bonds is 12. The van der Waals surface area contributed by atoms with Crippen LogP contribution in [0, 0.1) is 0 Å². The zero-order valence-corrected chi connectivity index (χ0v) is 33.3. The maximum atomic E-state index is 12.0. The van der Waals surface area contributed by atoms with E-state index in [9.17, 15) is 14.7 Å². The van der Waals surface area contributed by atoms with Crippen LogP contribution in [0.1, 0.15) is 120 Å². The average molecular weight is 768 g/mol. The molecule has 13 heteroatoms. The van der Waals surface area contributed by atoms with Crippen molar-refractivity contribution in [3.8, 4) is 0 Å². The third-order valence-corrected chi connectivity index (χ3v) is 8.86. The summed E-state index contributed by atoms with van der Waals surface area (Å²) in [5.41, 5.74) is -0.899. The molecule has 4 aliphatic rings. The SMILES string of the molecule is CC(C)(C)OC(=O)N1CC[C@@H](O)C1.CC(C)(C)OC(=O)N1CC[C@@H](OCCCCCC2(C)OCCO2)C1.CC1(CCCCCBr)OCCO1. The molecule has 12 nitrogen and oxygen atoms in total. The minimum Gasteiger partial charge on any atom is -0.444 e. The van der Waals surface area contributed by atoms with Crippen LogP contribution in [0.4, 0.5) is 9.59 Å². The van der Waals surface area contributed by atoms with Gasteiger partial charge in [0.1, 0.15) is 11.2 Å². The Morgan fingerprint density at radius 3 is 1.59 bits per heavy atom. The van der Waals surface area contributed by atoms with Gasteiger partial charge in [-0.1, -0.05) is 28.8 Å². The van der Waals surface area contributed by atoms with Crippen molar-refractivity contribution in [3.63, 3.8) is 0 Å². The summed E-state index contributed by atoms with van der Waals surface area (Å²) >= 11 is 3.41. The molecule has 4 saturated heterocycles. The molecule has 1 N–H and O–H groups in total. The molecule has 4 rings (SSSR count). The van der Waals surface area contributed by atoms with Crippen molar-refractivity contribution in [2.45, 2.75) is 155 Å². The minimum atomic E-state index is -0.454. The fraction of sp³-hybridized carbons (Fsp3) is 0.944. The summed E-state index contributed by atoms with van der Waals surface area (Å²) in [7, 11) is 0. The van der Waals surface area contributed by atoms with Gasteiger partial charge in [-0.2, -0.15) is 0 Å². The van der Waals surface area contributed by atoms with Gasteiger partial charge < -0.3 is 48.1 Å². The number of ether oxygens (including phenoxy) is 7. The van der Waals surface area contributed by atoms with Gasteiger partial charge in [-0.25, -0.2) is 9.59 Å². The largest absolute Gasteiger partial charge is 0.444 e. The van der Waals surface area contributed by atoms with Crippen molar-refractivity contribution >= 4 is 28.1 Å². The zero-order chi connectivity index (χ0) is 36.6. The molecule has 49 heavy (non-hydrogen) atoms. The molecule has 0 saturated carbocycles. The molecule has 2 amide bonds. The van der Waals surface area contributed by atoms with Crippen LogP contribution in [-0.2, 0) is 33.2 Å². The van der Waals surface area contributed by atoms with E-state index in [0.29, 0.717) is 45.8 Å². The van der Waals surface area contributed by atoms with Crippen molar-refractivity contribution in [1.29, 1.82) is 0 Å². The molecule has 0 aromatic rings. The summed E-state index contributed by atoms with van der Waals surface area (Å²) < 4.78 is 38.6. The van der Waals surface area contributed by atoms with E-state index in [1.54, 1.807) is 4.90 Å². The second-order valence-electron chi connectivity index (χ2n) is 15.5. The van der Waals surface area contributed by atoms with Crippen LogP contribution < -0.4 is 0 Å². The van der Waals surface area contributed by atoms with Crippen LogP contribution >= 0.6 is 15.9 Å². The second kappa shape index (κ2) is 21.3. The van der Waals surface area contributed by atoms with E-state index >= 15 is 0 Å². The topological polar surface area (TPSA) is 125 Å². The van der Waals surface area contributed by atoms with Gasteiger partial charge in [0.15, 0.2) is 11.6 Å². The minimum absolute atomic E-state index is 0.136. The smallest absolute Gasteiger partial charge is 0.410 e. The number of carbonyl (C=O) groups excluding carboxylic acids is 2. The molecule has 4 aliphatic heterocycles. The van der Waals surface area contributed by atoms with E-state index in [-0.39, 0.29) is 36.0 Å². The van der Waals surface area contributed by atoms with Crippen LogP contribution in [0.3, 0.4) is 0 Å². The van der Waals surface area contributed by atoms with Crippen molar-refractivity contribution in [3.05, 3.63) is 0 Å². The number of likely N-dealkylation sites (tertiary alicyclic amines) is 2. The number of β-amino-alcohol motifs (C(OH)–C–C–N with tert-alkyl or cyclic N) is 1. The van der Waals surface area contributed by atoms with Crippen molar-refractivity contribution in [2.24, 2.45) is 0 Å². The molecule has 0 unspecified atom stereocenters. The number of hydrogen-bond acceptors (Lipinski definition) is 10. The third kappa shape index (κ3) is 19.3. The highest BCUT2D eigenvalue weighted by Crippen LogP contribution is 2.26. The molecule has 0 bridgehead atoms. The Bertz CT molecular complexity index is 945. The van der Waals surface area contributed by atoms with E-state index in [1.807, 2.05) is 55.4 Å². The number of amides is 2. The number of aliphatic hydroxyl groups excluding tert-OH is 1. The lowest BCUT2D eigenvalue weighted by Crippen LogP contribution is -2.36. The molecular formula is C36H67BrN2O10. The summed E-state index contributed by atoms with van der Waals surface area (Å²) in [6, 6.07) is 0. The van der Waals surface area contributed by atoms with E-state index in [4.69, 9.17) is 33.2 Å². The molecule has 2 atom stereocenters. The van der Waals surface area contributed by atoms with Crippen molar-refractivity contribution in [1.82, 2.24) is 9.80 Å². The number of aliphatic hydroxyl groups is 1. The average Bonchev–Trinajstić information content (AvgIpc) is 3.81. The number of nitrogens with zero attached hydrogens (tertiary/aromatic N) is 2. The predicted octanol–water partition coefficient (Wildman–Crippen LogP) is 7.03. The summed E-state index contributed by atoms with van der Waals surface area (Å²) in [6.45, 7) is 21.2. The van der Waals surface area contributed by atoms with Crippen molar-refractivity contribution < 1.29 is 47.9 Å². The Morgan fingerprint density at radius 2 is 1.16 bits per heavy atom. The summed E-state index contributed by atoms with van der Waals surface area (Å²) in [4.78, 5) is 26.7. The molecule has 0 aliphatic carbocycles. The Kier molecular flexibility index (Phi) is 19.1. The van der Waals surface area contributed by atoms with Gasteiger partial charge in [0.2, 0.25) is 0 Å². The number of unbranched alkanes of at least 4 members (excludes halogenated alkanes) is 4. The first kappa shape index (κ1) is 43.9. The van der Waals surface area contributed by atoms with E-state index in [1.165, 1.54) is 24.2 Å². The molecule has 0 aromatic heterocycles. The predicted molar refractivity (Wildman–Crippen MR) is 192 cm³/mol. The number of carbonyl (C=O) groups is 2. The van der Waals surface area contributed by atoms with Gasteiger partial charge in [-0.15, -0.1) is 0 Å². The van der Waals surface area contributed by atoms with Crippen LogP contribution in [0.25, 0.3) is 0 Å².